The smallest absolute Gasteiger partial charge is 0.326 e. The van der Waals surface area contributed by atoms with Crippen LogP contribution in [0.2, 0.25) is 0 Å². The number of halogens is 1. The molecule has 1 aromatic carbocycles. The molecular weight excluding hydrogens is 348 g/mol. The van der Waals surface area contributed by atoms with E-state index in [1.54, 1.807) is 0 Å². The van der Waals surface area contributed by atoms with Crippen molar-refractivity contribution in [2.75, 3.05) is 13.7 Å². The molecule has 0 fully saturated rings. The minimum Gasteiger partial charge on any atom is -0.480 e. The average molecular weight is 361 g/mol. The van der Waals surface area contributed by atoms with Gasteiger partial charge in [-0.2, -0.15) is 0 Å². The van der Waals surface area contributed by atoms with Gasteiger partial charge in [0.2, 0.25) is 0 Å². The number of methoxy groups -OCH3 is 1. The van der Waals surface area contributed by atoms with Crippen LogP contribution in [0.1, 0.15) is 16.8 Å². The Bertz CT molecular complexity index is 563. The van der Waals surface area contributed by atoms with Crippen LogP contribution in [0.3, 0.4) is 0 Å². The first kappa shape index (κ1) is 17.1. The first-order valence-electron chi connectivity index (χ1n) is 5.83. The van der Waals surface area contributed by atoms with Crippen molar-refractivity contribution in [3.8, 4) is 0 Å². The van der Waals surface area contributed by atoms with Crippen LogP contribution >= 0.6 is 15.9 Å². The third-order valence-electron chi connectivity index (χ3n) is 2.62. The van der Waals surface area contributed by atoms with Crippen LogP contribution in [-0.2, 0) is 9.53 Å². The van der Waals surface area contributed by atoms with Crippen LogP contribution in [0.5, 0.6) is 0 Å². The zero-order valence-electron chi connectivity index (χ0n) is 11.0. The molecule has 114 valence electrons. The van der Waals surface area contributed by atoms with E-state index in [0.717, 1.165) is 0 Å². The molecular formula is C12H13BrN2O6. The van der Waals surface area contributed by atoms with Gasteiger partial charge in [-0.25, -0.2) is 4.79 Å². The van der Waals surface area contributed by atoms with E-state index < -0.39 is 28.5 Å². The maximum atomic E-state index is 12.0. The highest BCUT2D eigenvalue weighted by atomic mass is 79.9. The predicted octanol–water partition coefficient (Wildman–Crippen LogP) is 1.58. The summed E-state index contributed by atoms with van der Waals surface area (Å²) in [5.41, 5.74) is -0.607. The number of hydrogen-bond donors (Lipinski definition) is 2. The molecule has 0 spiro atoms. The quantitative estimate of drug-likeness (QED) is 0.562. The van der Waals surface area contributed by atoms with Crippen molar-refractivity contribution in [3.63, 3.8) is 0 Å². The maximum Gasteiger partial charge on any atom is 0.326 e. The minimum atomic E-state index is -1.24. The Hall–Kier alpha value is -2.00. The second-order valence-electron chi connectivity index (χ2n) is 4.06. The van der Waals surface area contributed by atoms with Gasteiger partial charge < -0.3 is 15.2 Å². The summed E-state index contributed by atoms with van der Waals surface area (Å²) in [5.74, 6) is -2.06. The van der Waals surface area contributed by atoms with Crippen molar-refractivity contribution >= 4 is 33.5 Å². The number of ether oxygens (including phenoxy) is 1. The molecule has 1 amide bonds. The molecule has 0 aromatic heterocycles. The Morgan fingerprint density at radius 2 is 2.19 bits per heavy atom. The highest BCUT2D eigenvalue weighted by Crippen LogP contribution is 2.23. The lowest BCUT2D eigenvalue weighted by Gasteiger charge is -2.14. The summed E-state index contributed by atoms with van der Waals surface area (Å²) in [6.45, 7) is 0.139. The summed E-state index contributed by atoms with van der Waals surface area (Å²) in [6.07, 6.45) is 0.0574. The number of nitrogens with one attached hydrogen (secondary N) is 1. The molecule has 0 saturated heterocycles. The van der Waals surface area contributed by atoms with Gasteiger partial charge in [0, 0.05) is 30.7 Å². The van der Waals surface area contributed by atoms with Gasteiger partial charge in [0.1, 0.15) is 11.6 Å². The Kier molecular flexibility index (Phi) is 6.25. The zero-order chi connectivity index (χ0) is 16.0. The molecule has 9 heteroatoms. The number of hydrogen-bond acceptors (Lipinski definition) is 5. The number of nitro benzene ring substituents is 1. The molecule has 0 bridgehead atoms. The van der Waals surface area contributed by atoms with Crippen LogP contribution in [-0.4, -0.2) is 41.7 Å². The van der Waals surface area contributed by atoms with E-state index in [1.165, 1.54) is 25.3 Å². The van der Waals surface area contributed by atoms with Crippen LogP contribution < -0.4 is 5.32 Å². The van der Waals surface area contributed by atoms with Gasteiger partial charge in [-0.1, -0.05) is 15.9 Å². The number of rotatable bonds is 7. The molecule has 1 atom stereocenters. The number of nitro groups is 1. The molecule has 8 nitrogen and oxygen atoms in total. The zero-order valence-corrected chi connectivity index (χ0v) is 12.6. The second kappa shape index (κ2) is 7.70. The molecule has 1 aromatic rings. The summed E-state index contributed by atoms with van der Waals surface area (Å²) in [5, 5.41) is 22.2. The molecule has 0 aliphatic rings. The van der Waals surface area contributed by atoms with Crippen molar-refractivity contribution in [2.45, 2.75) is 12.5 Å². The number of amides is 1. The van der Waals surface area contributed by atoms with E-state index >= 15 is 0 Å². The standard InChI is InChI=1S/C12H13BrN2O6/c1-21-5-4-9(12(17)18)14-11(16)8-3-2-7(13)6-10(8)15(19)20/h2-3,6,9H,4-5H2,1H3,(H,14,16)(H,17,18). The Labute approximate surface area is 128 Å². The fourth-order valence-corrected chi connectivity index (χ4v) is 1.93. The van der Waals surface area contributed by atoms with Crippen LogP contribution in [0.25, 0.3) is 0 Å². The monoisotopic (exact) mass is 360 g/mol. The van der Waals surface area contributed by atoms with Crippen molar-refractivity contribution in [2.24, 2.45) is 0 Å². The summed E-state index contributed by atoms with van der Waals surface area (Å²) < 4.78 is 5.20. The summed E-state index contributed by atoms with van der Waals surface area (Å²) in [4.78, 5) is 33.3. The molecule has 2 N–H and O–H groups in total. The van der Waals surface area contributed by atoms with E-state index in [0.29, 0.717) is 4.47 Å². The maximum absolute atomic E-state index is 12.0. The normalized spacial score (nSPS) is 11.7. The van der Waals surface area contributed by atoms with Crippen molar-refractivity contribution < 1.29 is 24.4 Å². The molecule has 0 aliphatic heterocycles. The molecule has 0 aliphatic carbocycles. The van der Waals surface area contributed by atoms with E-state index in [1.807, 2.05) is 0 Å². The van der Waals surface area contributed by atoms with Gasteiger partial charge in [-0.05, 0) is 12.1 Å². The number of nitrogens with zero attached hydrogens (tertiary/aromatic N) is 1. The number of carboxylic acids is 1. The highest BCUT2D eigenvalue weighted by Gasteiger charge is 2.25. The van der Waals surface area contributed by atoms with Gasteiger partial charge in [0.25, 0.3) is 11.6 Å². The highest BCUT2D eigenvalue weighted by molar-refractivity contribution is 9.10. The van der Waals surface area contributed by atoms with E-state index in [9.17, 15) is 19.7 Å². The van der Waals surface area contributed by atoms with Crippen molar-refractivity contribution in [3.05, 3.63) is 38.3 Å². The van der Waals surface area contributed by atoms with Gasteiger partial charge in [0.15, 0.2) is 0 Å². The van der Waals surface area contributed by atoms with Crippen LogP contribution in [0.4, 0.5) is 5.69 Å². The fraction of sp³-hybridized carbons (Fsp3) is 0.333. The summed E-state index contributed by atoms with van der Waals surface area (Å²) >= 11 is 3.08. The number of aliphatic carboxylic acids is 1. The van der Waals surface area contributed by atoms with E-state index in [-0.39, 0.29) is 18.6 Å². The lowest BCUT2D eigenvalue weighted by molar-refractivity contribution is -0.385. The fourth-order valence-electron chi connectivity index (χ4n) is 1.58. The van der Waals surface area contributed by atoms with E-state index in [2.05, 4.69) is 21.2 Å². The van der Waals surface area contributed by atoms with Crippen LogP contribution in [0.15, 0.2) is 22.7 Å². The summed E-state index contributed by atoms with van der Waals surface area (Å²) in [7, 11) is 1.40. The van der Waals surface area contributed by atoms with Crippen molar-refractivity contribution in [1.82, 2.24) is 5.32 Å². The van der Waals surface area contributed by atoms with Crippen LogP contribution in [0, 0.1) is 10.1 Å². The van der Waals surface area contributed by atoms with Crippen molar-refractivity contribution in [1.29, 1.82) is 0 Å². The molecule has 0 heterocycles. The first-order chi connectivity index (χ1) is 9.86. The molecule has 21 heavy (non-hydrogen) atoms. The van der Waals surface area contributed by atoms with Gasteiger partial charge in [-0.3, -0.25) is 14.9 Å². The second-order valence-corrected chi connectivity index (χ2v) is 4.98. The first-order valence-corrected chi connectivity index (χ1v) is 6.62. The molecule has 0 saturated carbocycles. The number of carboxylic acid groups (broad SMARTS) is 1. The number of carbonyl (C=O) groups excluding carboxylic acids is 1. The third-order valence-corrected chi connectivity index (χ3v) is 3.11. The SMILES string of the molecule is COCCC(NC(=O)c1ccc(Br)cc1[N+](=O)[O-])C(=O)O. The molecule has 0 radical (unpaired) electrons. The minimum absolute atomic E-state index is 0.0574. The van der Waals surface area contributed by atoms with E-state index in [4.69, 9.17) is 9.84 Å². The lowest BCUT2D eigenvalue weighted by Crippen LogP contribution is -2.41. The topological polar surface area (TPSA) is 119 Å². The molecule has 1 rings (SSSR count). The lowest BCUT2D eigenvalue weighted by atomic mass is 10.1. The van der Waals surface area contributed by atoms with Gasteiger partial charge >= 0.3 is 5.97 Å². The Balaban J connectivity index is 2.97. The number of carbonyl (C=O) groups is 2. The van der Waals surface area contributed by atoms with Gasteiger partial charge in [-0.15, -0.1) is 0 Å². The summed E-state index contributed by atoms with van der Waals surface area (Å²) in [6, 6.07) is 2.72. The Morgan fingerprint density at radius 3 is 2.71 bits per heavy atom. The molecule has 1 unspecified atom stereocenters. The largest absolute Gasteiger partial charge is 0.480 e. The predicted molar refractivity (Wildman–Crippen MR) is 76.2 cm³/mol. The average Bonchev–Trinajstić information content (AvgIpc) is 2.42. The van der Waals surface area contributed by atoms with Gasteiger partial charge in [0.05, 0.1) is 4.92 Å². The Morgan fingerprint density at radius 1 is 1.52 bits per heavy atom. The third kappa shape index (κ3) is 4.80. The number of benzene rings is 1.